The molecule has 3 rings (SSSR count). The second kappa shape index (κ2) is 10.1. The average molecular weight is 527 g/mol. The summed E-state index contributed by atoms with van der Waals surface area (Å²) in [6.45, 7) is -0.684. The average Bonchev–Trinajstić information content (AvgIpc) is 2.91. The first-order valence-corrected chi connectivity index (χ1v) is 11.0. The lowest BCUT2D eigenvalue weighted by molar-refractivity contribution is -0.173. The number of nitrogens with two attached hydrogens (primary N) is 1. The highest BCUT2D eigenvalue weighted by atomic mass is 35.5. The molecule has 13 heteroatoms. The van der Waals surface area contributed by atoms with Gasteiger partial charge in [0.15, 0.2) is 0 Å². The number of rotatable bonds is 4. The molecule has 0 aliphatic carbocycles. The van der Waals surface area contributed by atoms with Crippen molar-refractivity contribution < 1.29 is 31.5 Å². The summed E-state index contributed by atoms with van der Waals surface area (Å²) in [4.78, 5) is 29.3. The summed E-state index contributed by atoms with van der Waals surface area (Å²) in [5.41, 5.74) is 5.84. The van der Waals surface area contributed by atoms with Crippen LogP contribution in [0.2, 0.25) is 10.0 Å². The maximum Gasteiger partial charge on any atom is 0.471 e. The lowest BCUT2D eigenvalue weighted by atomic mass is 9.94. The lowest BCUT2D eigenvalue weighted by Crippen LogP contribution is -2.43. The molecular formula is C21H21Cl2F5N4O2. The van der Waals surface area contributed by atoms with E-state index in [2.05, 4.69) is 4.99 Å². The van der Waals surface area contributed by atoms with E-state index in [0.29, 0.717) is 0 Å². The van der Waals surface area contributed by atoms with E-state index in [-0.39, 0.29) is 59.4 Å². The minimum absolute atomic E-state index is 0.0182. The van der Waals surface area contributed by atoms with Crippen LogP contribution in [0.15, 0.2) is 34.5 Å². The first kappa shape index (κ1) is 26.2. The molecule has 0 aromatic heterocycles. The molecule has 0 saturated heterocycles. The second-order valence-electron chi connectivity index (χ2n) is 8.12. The number of carbonyl (C=O) groups is 2. The van der Waals surface area contributed by atoms with Gasteiger partial charge >= 0.3 is 12.1 Å². The Hall–Kier alpha value is -2.40. The molecule has 2 amide bonds. The molecule has 1 atom stereocenters. The normalized spacial score (nSPS) is 21.1. The van der Waals surface area contributed by atoms with Crippen LogP contribution in [0.1, 0.15) is 29.6 Å². The van der Waals surface area contributed by atoms with Crippen molar-refractivity contribution in [1.29, 1.82) is 0 Å². The molecule has 2 heterocycles. The Morgan fingerprint density at radius 1 is 1.24 bits per heavy atom. The van der Waals surface area contributed by atoms with Gasteiger partial charge in [-0.15, -0.1) is 0 Å². The third-order valence-corrected chi connectivity index (χ3v) is 6.40. The zero-order chi connectivity index (χ0) is 25.3. The van der Waals surface area contributed by atoms with Gasteiger partial charge in [0, 0.05) is 55.9 Å². The van der Waals surface area contributed by atoms with Crippen LogP contribution in [-0.4, -0.2) is 60.7 Å². The van der Waals surface area contributed by atoms with E-state index in [1.165, 1.54) is 23.1 Å². The van der Waals surface area contributed by atoms with E-state index in [9.17, 15) is 31.5 Å². The summed E-state index contributed by atoms with van der Waals surface area (Å²) in [7, 11) is 0. The number of aliphatic imine (C=N–C) groups is 1. The molecule has 1 aromatic carbocycles. The summed E-state index contributed by atoms with van der Waals surface area (Å²) in [6.07, 6.45) is -5.76. The van der Waals surface area contributed by atoms with Gasteiger partial charge in [0.1, 0.15) is 5.71 Å². The fourth-order valence-electron chi connectivity index (χ4n) is 3.74. The topological polar surface area (TPSA) is 87.8 Å². The van der Waals surface area contributed by atoms with Gasteiger partial charge in [0.25, 0.3) is 11.8 Å². The standard InChI is InChI=1S/C21H21Cl2F5N4O2/c22-14-2-1-12(7-15(14)23)18(33)32-6-4-16(29)13(10-32)17-20(24,25)5-3-11(8-30-17)9-31-19(34)21(26,27)28/h1-2,7,11H,3-6,8-10,29H2,(H,31,34). The maximum absolute atomic E-state index is 15.0. The van der Waals surface area contributed by atoms with E-state index < -0.39 is 48.5 Å². The molecule has 34 heavy (non-hydrogen) atoms. The van der Waals surface area contributed by atoms with Crippen LogP contribution in [0.25, 0.3) is 0 Å². The SMILES string of the molecule is NC1=C(C2=NCC(CNC(=O)C(F)(F)F)CCC2(F)F)CN(C(=O)c2ccc(Cl)c(Cl)c2)CC1. The van der Waals surface area contributed by atoms with E-state index in [1.54, 1.807) is 5.32 Å². The van der Waals surface area contributed by atoms with Crippen LogP contribution in [0.4, 0.5) is 22.0 Å². The summed E-state index contributed by atoms with van der Waals surface area (Å²) >= 11 is 11.8. The van der Waals surface area contributed by atoms with Crippen LogP contribution in [0.3, 0.4) is 0 Å². The van der Waals surface area contributed by atoms with Crippen molar-refractivity contribution in [3.05, 3.63) is 45.1 Å². The highest BCUT2D eigenvalue weighted by Crippen LogP contribution is 2.34. The van der Waals surface area contributed by atoms with Crippen LogP contribution < -0.4 is 11.1 Å². The largest absolute Gasteiger partial charge is 0.471 e. The zero-order valence-corrected chi connectivity index (χ0v) is 19.2. The maximum atomic E-state index is 15.0. The number of benzene rings is 1. The van der Waals surface area contributed by atoms with E-state index in [1.807, 2.05) is 0 Å². The Morgan fingerprint density at radius 3 is 2.59 bits per heavy atom. The molecule has 0 spiro atoms. The number of nitrogens with zero attached hydrogens (tertiary/aromatic N) is 2. The third kappa shape index (κ3) is 5.99. The summed E-state index contributed by atoms with van der Waals surface area (Å²) in [5.74, 6) is -6.70. The molecule has 0 bridgehead atoms. The molecule has 1 unspecified atom stereocenters. The molecule has 2 aliphatic heterocycles. The van der Waals surface area contributed by atoms with Crippen molar-refractivity contribution >= 4 is 40.7 Å². The van der Waals surface area contributed by atoms with Crippen molar-refractivity contribution in [2.75, 3.05) is 26.2 Å². The molecule has 3 N–H and O–H groups in total. The first-order valence-electron chi connectivity index (χ1n) is 10.3. The number of amides is 2. The molecule has 1 aromatic rings. The number of alkyl halides is 5. The van der Waals surface area contributed by atoms with Gasteiger partial charge in [-0.2, -0.15) is 22.0 Å². The number of halogens is 7. The smallest absolute Gasteiger partial charge is 0.402 e. The Bertz CT molecular complexity index is 1040. The molecule has 186 valence electrons. The highest BCUT2D eigenvalue weighted by molar-refractivity contribution is 6.42. The number of nitrogens with one attached hydrogen (secondary N) is 1. The summed E-state index contributed by atoms with van der Waals surface area (Å²) in [6, 6.07) is 4.30. The summed E-state index contributed by atoms with van der Waals surface area (Å²) in [5, 5.41) is 2.14. The Morgan fingerprint density at radius 2 is 1.94 bits per heavy atom. The van der Waals surface area contributed by atoms with Gasteiger partial charge in [-0.25, -0.2) is 0 Å². The Labute approximate surface area is 202 Å². The van der Waals surface area contributed by atoms with Gasteiger partial charge in [0.05, 0.1) is 10.0 Å². The van der Waals surface area contributed by atoms with Gasteiger partial charge in [-0.1, -0.05) is 23.2 Å². The quantitative estimate of drug-likeness (QED) is 0.576. The summed E-state index contributed by atoms with van der Waals surface area (Å²) < 4.78 is 67.1. The molecule has 0 fully saturated rings. The minimum Gasteiger partial charge on any atom is -0.402 e. The van der Waals surface area contributed by atoms with E-state index in [0.717, 1.165) is 0 Å². The van der Waals surface area contributed by atoms with Crippen molar-refractivity contribution in [2.45, 2.75) is 31.4 Å². The minimum atomic E-state index is -5.06. The predicted molar refractivity (Wildman–Crippen MR) is 117 cm³/mol. The monoisotopic (exact) mass is 526 g/mol. The zero-order valence-electron chi connectivity index (χ0n) is 17.7. The Kier molecular flexibility index (Phi) is 7.76. The van der Waals surface area contributed by atoms with Gasteiger partial charge in [0.2, 0.25) is 0 Å². The van der Waals surface area contributed by atoms with Crippen LogP contribution >= 0.6 is 23.2 Å². The molecule has 0 saturated carbocycles. The second-order valence-corrected chi connectivity index (χ2v) is 8.93. The van der Waals surface area contributed by atoms with Gasteiger partial charge in [-0.05, 0) is 30.5 Å². The molecule has 6 nitrogen and oxygen atoms in total. The number of hydrogen-bond acceptors (Lipinski definition) is 4. The number of hydrogen-bond donors (Lipinski definition) is 2. The Balaban J connectivity index is 1.77. The van der Waals surface area contributed by atoms with Gasteiger partial charge < -0.3 is 16.0 Å². The molecule has 0 radical (unpaired) electrons. The van der Waals surface area contributed by atoms with E-state index in [4.69, 9.17) is 28.9 Å². The lowest BCUT2D eigenvalue weighted by Gasteiger charge is -2.32. The van der Waals surface area contributed by atoms with Crippen LogP contribution in [-0.2, 0) is 4.79 Å². The predicted octanol–water partition coefficient (Wildman–Crippen LogP) is 4.22. The van der Waals surface area contributed by atoms with Crippen molar-refractivity contribution in [2.24, 2.45) is 16.6 Å². The third-order valence-electron chi connectivity index (χ3n) is 5.66. The van der Waals surface area contributed by atoms with Crippen molar-refractivity contribution in [3.63, 3.8) is 0 Å². The highest BCUT2D eigenvalue weighted by Gasteiger charge is 2.43. The fraction of sp³-hybridized carbons (Fsp3) is 0.476. The van der Waals surface area contributed by atoms with Crippen molar-refractivity contribution in [1.82, 2.24) is 10.2 Å². The van der Waals surface area contributed by atoms with Crippen LogP contribution in [0.5, 0.6) is 0 Å². The van der Waals surface area contributed by atoms with E-state index >= 15 is 0 Å². The van der Waals surface area contributed by atoms with Gasteiger partial charge in [-0.3, -0.25) is 14.6 Å². The number of carbonyl (C=O) groups excluding carboxylic acids is 2. The first-order chi connectivity index (χ1) is 15.8. The van der Waals surface area contributed by atoms with Crippen molar-refractivity contribution in [3.8, 4) is 0 Å². The van der Waals surface area contributed by atoms with Crippen LogP contribution in [0, 0.1) is 5.92 Å². The molecular weight excluding hydrogens is 506 g/mol. The fourth-order valence-corrected chi connectivity index (χ4v) is 4.04. The molecule has 2 aliphatic rings.